The van der Waals surface area contributed by atoms with E-state index in [4.69, 9.17) is 29.9 Å². The number of para-hydroxylation sites is 4. The molecule has 3 aromatic heterocycles. The molecular weight excluding hydrogens is 1150 g/mol. The highest BCUT2D eigenvalue weighted by Crippen LogP contribution is 2.45. The fourth-order valence-corrected chi connectivity index (χ4v) is 14.0. The normalized spacial score (nSPS) is 12.2. The topological polar surface area (TPSA) is 88.7 Å². The van der Waals surface area contributed by atoms with Crippen LogP contribution in [0.15, 0.2) is 328 Å². The van der Waals surface area contributed by atoms with Crippen LogP contribution in [0.3, 0.4) is 0 Å². The third kappa shape index (κ3) is 9.34. The monoisotopic (exact) mass is 1200 g/mol. The fraction of sp³-hybridized carbons (Fsp3) is 0. The first kappa shape index (κ1) is 54.3. The molecule has 0 radical (unpaired) electrons. The zero-order valence-corrected chi connectivity index (χ0v) is 50.8. The van der Waals surface area contributed by atoms with Crippen molar-refractivity contribution in [3.63, 3.8) is 0 Å². The molecule has 0 saturated heterocycles. The summed E-state index contributed by atoms with van der Waals surface area (Å²) in [5.74, 6) is 3.23. The van der Waals surface area contributed by atoms with Crippen LogP contribution >= 0.6 is 0 Å². The maximum atomic E-state index is 5.57. The van der Waals surface area contributed by atoms with Crippen molar-refractivity contribution in [1.82, 2.24) is 34.5 Å². The third-order valence-electron chi connectivity index (χ3n) is 18.3. The molecule has 0 saturated carbocycles. The van der Waals surface area contributed by atoms with Gasteiger partial charge in [-0.25, -0.2) is 29.9 Å². The van der Waals surface area contributed by atoms with E-state index in [1.807, 2.05) is 78.9 Å². The molecule has 0 N–H and O–H groups in total. The van der Waals surface area contributed by atoms with Crippen molar-refractivity contribution in [2.75, 3.05) is 9.80 Å². The van der Waals surface area contributed by atoms with Crippen LogP contribution in [0.4, 0.5) is 34.1 Å². The summed E-state index contributed by atoms with van der Waals surface area (Å²) < 4.78 is 2.35. The van der Waals surface area contributed by atoms with E-state index in [0.717, 1.165) is 100 Å². The summed E-state index contributed by atoms with van der Waals surface area (Å²) in [7, 11) is 0. The Balaban J connectivity index is 0.787. The van der Waals surface area contributed by atoms with Crippen LogP contribution in [-0.2, 0) is 0 Å². The van der Waals surface area contributed by atoms with Gasteiger partial charge in [-0.3, -0.25) is 0 Å². The van der Waals surface area contributed by atoms with Gasteiger partial charge in [-0.1, -0.05) is 237 Å². The summed E-state index contributed by atoms with van der Waals surface area (Å²) >= 11 is 0. The largest absolute Gasteiger partial charge is 0.311 e. The molecule has 438 valence electrons. The maximum absolute atomic E-state index is 5.57. The molecule has 0 amide bonds. The second-order valence-corrected chi connectivity index (χ2v) is 23.8. The summed E-state index contributed by atoms with van der Waals surface area (Å²) in [5, 5.41) is 2.26. The first-order chi connectivity index (χ1) is 46.6. The summed E-state index contributed by atoms with van der Waals surface area (Å²) in [5.41, 5.74) is 23.1. The van der Waals surface area contributed by atoms with Crippen LogP contribution in [0.25, 0.3) is 118 Å². The molecule has 0 bridgehead atoms. The van der Waals surface area contributed by atoms with Crippen molar-refractivity contribution in [1.29, 1.82) is 0 Å². The van der Waals surface area contributed by atoms with Gasteiger partial charge in [0.05, 0.1) is 16.7 Å². The number of aromatic nitrogens is 7. The Hall–Kier alpha value is -12.7. The van der Waals surface area contributed by atoms with E-state index >= 15 is 0 Å². The Morgan fingerprint density at radius 3 is 1.19 bits per heavy atom. The van der Waals surface area contributed by atoms with E-state index in [0.29, 0.717) is 34.9 Å². The molecule has 18 rings (SSSR count). The standard InChI is InChI=1S/C84H54BN9/c1-6-24-55(25-7-1)61-46-50-72-67(53-61)66-36-16-19-39-71(66)94(72)73-51-47-63(83-87-79(57-26-8-2-9-27-57)86-80(88-83)58-28-10-3-11-29-58)54-68(73)84-90-81(59-30-12-4-13-31-59)89-82(91-84)62-33-22-32-60(52-62)56-44-48-65(49-45-56)93-75-41-21-18-38-70(75)85-69-37-17-20-40-74(69)92(64-34-14-5-15-35-64)76-42-23-43-77(93)78(76)85/h1-54H. The van der Waals surface area contributed by atoms with Gasteiger partial charge in [0.15, 0.2) is 34.9 Å². The average Bonchev–Trinajstić information content (AvgIpc) is 0.738. The molecule has 0 aliphatic carbocycles. The van der Waals surface area contributed by atoms with Gasteiger partial charge in [0.25, 0.3) is 6.71 Å². The van der Waals surface area contributed by atoms with E-state index in [9.17, 15) is 0 Å². The predicted molar refractivity (Wildman–Crippen MR) is 385 cm³/mol. The predicted octanol–water partition coefficient (Wildman–Crippen LogP) is 18.6. The van der Waals surface area contributed by atoms with Crippen molar-refractivity contribution in [2.24, 2.45) is 0 Å². The zero-order chi connectivity index (χ0) is 62.1. The molecule has 94 heavy (non-hydrogen) atoms. The van der Waals surface area contributed by atoms with Gasteiger partial charge < -0.3 is 14.4 Å². The van der Waals surface area contributed by atoms with E-state index in [-0.39, 0.29) is 6.71 Å². The van der Waals surface area contributed by atoms with E-state index < -0.39 is 0 Å². The van der Waals surface area contributed by atoms with E-state index in [2.05, 4.69) is 263 Å². The van der Waals surface area contributed by atoms with Gasteiger partial charge in [0.2, 0.25) is 0 Å². The van der Waals surface area contributed by atoms with Gasteiger partial charge >= 0.3 is 0 Å². The lowest BCUT2D eigenvalue weighted by Gasteiger charge is -2.44. The highest BCUT2D eigenvalue weighted by Gasteiger charge is 2.43. The molecule has 0 fully saturated rings. The van der Waals surface area contributed by atoms with Crippen LogP contribution in [-0.4, -0.2) is 41.2 Å². The number of hydrogen-bond donors (Lipinski definition) is 0. The second kappa shape index (κ2) is 22.7. The van der Waals surface area contributed by atoms with E-state index in [1.54, 1.807) is 0 Å². The molecule has 0 unspecified atom stereocenters. The van der Waals surface area contributed by atoms with Crippen LogP contribution in [0.2, 0.25) is 0 Å². The van der Waals surface area contributed by atoms with E-state index in [1.165, 1.54) is 33.5 Å². The third-order valence-corrected chi connectivity index (χ3v) is 18.3. The Kier molecular flexibility index (Phi) is 13.1. The molecule has 2 aliphatic rings. The second-order valence-electron chi connectivity index (χ2n) is 23.8. The summed E-state index contributed by atoms with van der Waals surface area (Å²) in [4.78, 5) is 36.8. The minimum atomic E-state index is 0.0599. The van der Waals surface area contributed by atoms with Crippen LogP contribution < -0.4 is 26.2 Å². The number of nitrogens with zero attached hydrogens (tertiary/aromatic N) is 9. The van der Waals surface area contributed by atoms with Gasteiger partial charge in [0.1, 0.15) is 0 Å². The Labute approximate surface area is 544 Å². The van der Waals surface area contributed by atoms with Crippen LogP contribution in [0.1, 0.15) is 0 Å². The fourth-order valence-electron chi connectivity index (χ4n) is 14.0. The summed E-state index contributed by atoms with van der Waals surface area (Å²) in [6.07, 6.45) is 0. The van der Waals surface area contributed by atoms with Crippen molar-refractivity contribution in [3.8, 4) is 96.3 Å². The minimum absolute atomic E-state index is 0.0599. The maximum Gasteiger partial charge on any atom is 0.252 e. The van der Waals surface area contributed by atoms with Gasteiger partial charge in [0, 0.05) is 78.3 Å². The van der Waals surface area contributed by atoms with Crippen molar-refractivity contribution >= 4 is 79.0 Å². The number of rotatable bonds is 11. The SMILES string of the molecule is c1ccc(-c2ccc3c(c2)c2ccccc2n3-c2ccc(-c3nc(-c4ccccc4)nc(-c4ccccc4)n3)cc2-c2nc(-c3ccccc3)nc(-c3cccc(-c4ccc(N5c6ccccc6B6c7ccccc7N(c7ccccc7)c7cccc5c76)cc4)c3)n2)cc1. The molecule has 0 spiro atoms. The average molecular weight is 1200 g/mol. The van der Waals surface area contributed by atoms with Crippen molar-refractivity contribution in [3.05, 3.63) is 328 Å². The number of fused-ring (bicyclic) bond motifs is 7. The highest BCUT2D eigenvalue weighted by molar-refractivity contribution is 7.00. The number of anilines is 6. The summed E-state index contributed by atoms with van der Waals surface area (Å²) in [6.45, 7) is 0.0599. The molecular formula is C84H54BN9. The molecule has 13 aromatic carbocycles. The lowest BCUT2D eigenvalue weighted by atomic mass is 9.33. The molecule has 0 atom stereocenters. The molecule has 10 heteroatoms. The van der Waals surface area contributed by atoms with Crippen LogP contribution in [0, 0.1) is 0 Å². The molecule has 5 heterocycles. The molecule has 2 aliphatic heterocycles. The Morgan fingerprint density at radius 1 is 0.223 bits per heavy atom. The quantitative estimate of drug-likeness (QED) is 0.118. The highest BCUT2D eigenvalue weighted by atomic mass is 15.2. The van der Waals surface area contributed by atoms with Crippen LogP contribution in [0.5, 0.6) is 0 Å². The van der Waals surface area contributed by atoms with Gasteiger partial charge in [-0.05, 0) is 130 Å². The Bertz CT molecular complexity index is 5510. The van der Waals surface area contributed by atoms with Gasteiger partial charge in [-0.15, -0.1) is 0 Å². The summed E-state index contributed by atoms with van der Waals surface area (Å²) in [6, 6.07) is 116. The lowest BCUT2D eigenvalue weighted by molar-refractivity contribution is 1.06. The Morgan fingerprint density at radius 2 is 0.606 bits per heavy atom. The van der Waals surface area contributed by atoms with Gasteiger partial charge in [-0.2, -0.15) is 0 Å². The number of benzene rings is 13. The first-order valence-electron chi connectivity index (χ1n) is 31.7. The molecule has 16 aromatic rings. The zero-order valence-electron chi connectivity index (χ0n) is 50.8. The van der Waals surface area contributed by atoms with Crippen molar-refractivity contribution in [2.45, 2.75) is 0 Å². The van der Waals surface area contributed by atoms with Crippen molar-refractivity contribution < 1.29 is 0 Å². The number of hydrogen-bond acceptors (Lipinski definition) is 8. The lowest BCUT2D eigenvalue weighted by Crippen LogP contribution is -2.61. The smallest absolute Gasteiger partial charge is 0.252 e. The first-order valence-corrected chi connectivity index (χ1v) is 31.7. The minimum Gasteiger partial charge on any atom is -0.311 e. The molecule has 9 nitrogen and oxygen atoms in total.